The molecule has 0 radical (unpaired) electrons. The molecule has 0 bridgehead atoms. The van der Waals surface area contributed by atoms with Gasteiger partial charge in [0.15, 0.2) is 5.54 Å². The standard InChI is InChI=1S/C14H15NO3S/c1-2-8-19-11-9-14(11,13(17)18)15-12(16)10-6-4-3-5-7-10/h2-7,11H,1,8-9H2,(H,15,16)(H,17,18)/t11-,14+/m0/s1. The maximum Gasteiger partial charge on any atom is 0.330 e. The second-order valence-corrected chi connectivity index (χ2v) is 5.65. The number of benzene rings is 1. The number of hydrogen-bond donors (Lipinski definition) is 2. The molecule has 1 aromatic carbocycles. The van der Waals surface area contributed by atoms with E-state index in [1.807, 2.05) is 6.07 Å². The predicted molar refractivity (Wildman–Crippen MR) is 75.3 cm³/mol. The van der Waals surface area contributed by atoms with Crippen LogP contribution in [-0.4, -0.2) is 33.5 Å². The number of hydrogen-bond acceptors (Lipinski definition) is 3. The van der Waals surface area contributed by atoms with Crippen molar-refractivity contribution in [3.63, 3.8) is 0 Å². The first-order valence-corrected chi connectivity index (χ1v) is 6.98. The Morgan fingerprint density at radius 2 is 2.16 bits per heavy atom. The van der Waals surface area contributed by atoms with Gasteiger partial charge >= 0.3 is 5.97 Å². The van der Waals surface area contributed by atoms with Crippen LogP contribution >= 0.6 is 11.8 Å². The van der Waals surface area contributed by atoms with Crippen molar-refractivity contribution in [2.45, 2.75) is 17.2 Å². The fourth-order valence-corrected chi connectivity index (χ4v) is 3.09. The van der Waals surface area contributed by atoms with Gasteiger partial charge in [-0.3, -0.25) is 4.79 Å². The average Bonchev–Trinajstić information content (AvgIpc) is 3.12. The van der Waals surface area contributed by atoms with E-state index in [0.29, 0.717) is 17.7 Å². The van der Waals surface area contributed by atoms with Crippen molar-refractivity contribution in [2.75, 3.05) is 5.75 Å². The molecule has 0 aliphatic heterocycles. The van der Waals surface area contributed by atoms with Gasteiger partial charge in [0.2, 0.25) is 0 Å². The zero-order valence-electron chi connectivity index (χ0n) is 10.3. The molecule has 2 N–H and O–H groups in total. The quantitative estimate of drug-likeness (QED) is 0.780. The molecule has 1 aliphatic rings. The smallest absolute Gasteiger partial charge is 0.330 e. The summed E-state index contributed by atoms with van der Waals surface area (Å²) in [5, 5.41) is 11.9. The van der Waals surface area contributed by atoms with E-state index in [4.69, 9.17) is 0 Å². The molecule has 19 heavy (non-hydrogen) atoms. The normalized spacial score (nSPS) is 24.5. The van der Waals surface area contributed by atoms with Crippen LogP contribution in [0, 0.1) is 0 Å². The highest BCUT2D eigenvalue weighted by Crippen LogP contribution is 2.46. The first-order chi connectivity index (χ1) is 9.10. The van der Waals surface area contributed by atoms with Gasteiger partial charge in [-0.1, -0.05) is 24.3 Å². The van der Waals surface area contributed by atoms with Gasteiger partial charge in [0.25, 0.3) is 5.91 Å². The summed E-state index contributed by atoms with van der Waals surface area (Å²) in [4.78, 5) is 23.4. The minimum Gasteiger partial charge on any atom is -0.479 e. The number of aliphatic carboxylic acids is 1. The number of nitrogens with one attached hydrogen (secondary N) is 1. The fraction of sp³-hybridized carbons (Fsp3) is 0.286. The summed E-state index contributed by atoms with van der Waals surface area (Å²) in [6, 6.07) is 8.64. The lowest BCUT2D eigenvalue weighted by Gasteiger charge is -2.14. The molecule has 0 saturated heterocycles. The van der Waals surface area contributed by atoms with Crippen LogP contribution in [0.15, 0.2) is 43.0 Å². The summed E-state index contributed by atoms with van der Waals surface area (Å²) in [5.74, 6) is -0.635. The van der Waals surface area contributed by atoms with E-state index in [1.165, 1.54) is 11.8 Å². The van der Waals surface area contributed by atoms with E-state index in [0.717, 1.165) is 0 Å². The van der Waals surface area contributed by atoms with Crippen molar-refractivity contribution in [3.05, 3.63) is 48.6 Å². The highest BCUT2D eigenvalue weighted by Gasteiger charge is 2.62. The minimum atomic E-state index is -1.12. The van der Waals surface area contributed by atoms with Crippen LogP contribution in [0.3, 0.4) is 0 Å². The molecular formula is C14H15NO3S. The van der Waals surface area contributed by atoms with Gasteiger partial charge in [-0.2, -0.15) is 11.8 Å². The minimum absolute atomic E-state index is 0.0873. The molecule has 1 saturated carbocycles. The molecular weight excluding hydrogens is 262 g/mol. The Labute approximate surface area is 115 Å². The van der Waals surface area contributed by atoms with Crippen molar-refractivity contribution in [3.8, 4) is 0 Å². The molecule has 0 heterocycles. The zero-order chi connectivity index (χ0) is 13.9. The van der Waals surface area contributed by atoms with Crippen LogP contribution in [-0.2, 0) is 4.79 Å². The van der Waals surface area contributed by atoms with Crippen LogP contribution in [0.4, 0.5) is 0 Å². The first-order valence-electron chi connectivity index (χ1n) is 5.93. The van der Waals surface area contributed by atoms with Crippen LogP contribution < -0.4 is 5.32 Å². The summed E-state index contributed by atoms with van der Waals surface area (Å²) in [5.41, 5.74) is -0.650. The van der Waals surface area contributed by atoms with Crippen molar-refractivity contribution >= 4 is 23.6 Å². The molecule has 5 heteroatoms. The fourth-order valence-electron chi connectivity index (χ4n) is 1.89. The van der Waals surface area contributed by atoms with E-state index in [2.05, 4.69) is 11.9 Å². The third-order valence-corrected chi connectivity index (χ3v) is 4.47. The van der Waals surface area contributed by atoms with Gasteiger partial charge in [0.05, 0.1) is 0 Å². The molecule has 1 aliphatic carbocycles. The summed E-state index contributed by atoms with van der Waals surface area (Å²) in [6.45, 7) is 3.61. The molecule has 1 aromatic rings. The zero-order valence-corrected chi connectivity index (χ0v) is 11.2. The van der Waals surface area contributed by atoms with Crippen LogP contribution in [0.5, 0.6) is 0 Å². The Balaban J connectivity index is 2.05. The molecule has 0 spiro atoms. The number of rotatable bonds is 6. The van der Waals surface area contributed by atoms with Crippen LogP contribution in [0.1, 0.15) is 16.8 Å². The number of thioether (sulfide) groups is 1. The number of amides is 1. The largest absolute Gasteiger partial charge is 0.479 e. The predicted octanol–water partition coefficient (Wildman–Crippen LogP) is 1.93. The third-order valence-electron chi connectivity index (χ3n) is 3.07. The van der Waals surface area contributed by atoms with E-state index in [-0.39, 0.29) is 11.2 Å². The lowest BCUT2D eigenvalue weighted by molar-refractivity contribution is -0.140. The van der Waals surface area contributed by atoms with Crippen molar-refractivity contribution in [1.82, 2.24) is 5.32 Å². The molecule has 0 unspecified atom stereocenters. The van der Waals surface area contributed by atoms with E-state index >= 15 is 0 Å². The van der Waals surface area contributed by atoms with Crippen molar-refractivity contribution in [2.24, 2.45) is 0 Å². The first kappa shape index (κ1) is 13.7. The van der Waals surface area contributed by atoms with Crippen molar-refractivity contribution < 1.29 is 14.7 Å². The third kappa shape index (κ3) is 2.81. The second-order valence-electron chi connectivity index (χ2n) is 4.41. The molecule has 2 atom stereocenters. The van der Waals surface area contributed by atoms with Gasteiger partial charge in [-0.25, -0.2) is 4.79 Å². The monoisotopic (exact) mass is 277 g/mol. The average molecular weight is 277 g/mol. The molecule has 2 rings (SSSR count). The van der Waals surface area contributed by atoms with Gasteiger partial charge in [-0.05, 0) is 18.6 Å². The molecule has 0 aromatic heterocycles. The Kier molecular flexibility index (Phi) is 3.95. The summed E-state index contributed by atoms with van der Waals surface area (Å²) >= 11 is 1.50. The topological polar surface area (TPSA) is 66.4 Å². The number of carbonyl (C=O) groups is 2. The highest BCUT2D eigenvalue weighted by molar-refractivity contribution is 8.00. The Morgan fingerprint density at radius 1 is 1.47 bits per heavy atom. The van der Waals surface area contributed by atoms with Gasteiger partial charge in [0.1, 0.15) is 0 Å². The summed E-state index contributed by atoms with van der Waals surface area (Å²) in [7, 11) is 0. The maximum atomic E-state index is 12.0. The Bertz CT molecular complexity index is 503. The SMILES string of the molecule is C=CCS[C@H]1C[C@]1(NC(=O)c1ccccc1)C(=O)O. The van der Waals surface area contributed by atoms with E-state index in [1.54, 1.807) is 30.3 Å². The van der Waals surface area contributed by atoms with Crippen molar-refractivity contribution in [1.29, 1.82) is 0 Å². The number of carboxylic acids is 1. The van der Waals surface area contributed by atoms with E-state index in [9.17, 15) is 14.7 Å². The number of carboxylic acid groups (broad SMARTS) is 1. The van der Waals surface area contributed by atoms with Gasteiger partial charge in [0, 0.05) is 16.6 Å². The molecule has 1 fully saturated rings. The Hall–Kier alpha value is -1.75. The summed E-state index contributed by atoms with van der Waals surface area (Å²) in [6.07, 6.45) is 2.19. The van der Waals surface area contributed by atoms with E-state index < -0.39 is 11.5 Å². The van der Waals surface area contributed by atoms with Gasteiger partial charge in [-0.15, -0.1) is 6.58 Å². The highest BCUT2D eigenvalue weighted by atomic mass is 32.2. The second kappa shape index (κ2) is 5.48. The van der Waals surface area contributed by atoms with Crippen LogP contribution in [0.25, 0.3) is 0 Å². The lowest BCUT2D eigenvalue weighted by atomic mass is 10.2. The Morgan fingerprint density at radius 3 is 2.74 bits per heavy atom. The number of carbonyl (C=O) groups excluding carboxylic acids is 1. The maximum absolute atomic E-state index is 12.0. The van der Waals surface area contributed by atoms with Crippen LogP contribution in [0.2, 0.25) is 0 Å². The summed E-state index contributed by atoms with van der Waals surface area (Å²) < 4.78 is 0. The molecule has 4 nitrogen and oxygen atoms in total. The van der Waals surface area contributed by atoms with Gasteiger partial charge < -0.3 is 10.4 Å². The molecule has 100 valence electrons. The molecule has 1 amide bonds. The lowest BCUT2D eigenvalue weighted by Crippen LogP contribution is -2.45.